The summed E-state index contributed by atoms with van der Waals surface area (Å²) in [5.41, 5.74) is 1.14. The number of para-hydroxylation sites is 1. The minimum absolute atomic E-state index is 0.565. The van der Waals surface area contributed by atoms with Gasteiger partial charge in [0.15, 0.2) is 0 Å². The zero-order chi connectivity index (χ0) is 12.9. The van der Waals surface area contributed by atoms with Gasteiger partial charge >= 0.3 is 0 Å². The van der Waals surface area contributed by atoms with Gasteiger partial charge in [0.25, 0.3) is 0 Å². The molecule has 0 aliphatic carbocycles. The molecule has 100 valence electrons. The van der Waals surface area contributed by atoms with Crippen LogP contribution in [0.1, 0.15) is 19.3 Å². The van der Waals surface area contributed by atoms with Gasteiger partial charge in [-0.25, -0.2) is 4.98 Å². The third kappa shape index (κ3) is 2.96. The molecule has 1 unspecified atom stereocenters. The Labute approximate surface area is 113 Å². The molecule has 19 heavy (non-hydrogen) atoms. The summed E-state index contributed by atoms with van der Waals surface area (Å²) >= 11 is 0. The molecular formula is C15H20N4. The van der Waals surface area contributed by atoms with E-state index in [1.165, 1.54) is 19.3 Å². The molecule has 4 nitrogen and oxygen atoms in total. The molecule has 3 rings (SSSR count). The molecule has 1 fully saturated rings. The van der Waals surface area contributed by atoms with Crippen LogP contribution in [0, 0.1) is 0 Å². The van der Waals surface area contributed by atoms with Crippen molar-refractivity contribution in [3.63, 3.8) is 0 Å². The number of benzene rings is 1. The standard InChI is InChI=1S/C15H20N4/c1-2-7-14(8-3-1)19-11-10-17-15(19)18-12-13-6-4-5-9-16-13/h1-3,7-8,10-11,13,16H,4-6,9,12H2,(H,17,18). The monoisotopic (exact) mass is 256 g/mol. The van der Waals surface area contributed by atoms with Crippen LogP contribution in [0.15, 0.2) is 42.7 Å². The van der Waals surface area contributed by atoms with Crippen LogP contribution < -0.4 is 10.6 Å². The smallest absolute Gasteiger partial charge is 0.207 e. The summed E-state index contributed by atoms with van der Waals surface area (Å²) in [4.78, 5) is 4.40. The minimum atomic E-state index is 0.565. The highest BCUT2D eigenvalue weighted by atomic mass is 15.2. The molecule has 1 aromatic heterocycles. The highest BCUT2D eigenvalue weighted by molar-refractivity contribution is 5.41. The molecule has 1 saturated heterocycles. The lowest BCUT2D eigenvalue weighted by molar-refractivity contribution is 0.413. The summed E-state index contributed by atoms with van der Waals surface area (Å²) in [5, 5.41) is 6.99. The van der Waals surface area contributed by atoms with Crippen LogP contribution in [0.25, 0.3) is 5.69 Å². The molecule has 1 atom stereocenters. The first-order valence-corrected chi connectivity index (χ1v) is 6.99. The largest absolute Gasteiger partial charge is 0.354 e. The Kier molecular flexibility index (Phi) is 3.79. The van der Waals surface area contributed by atoms with Gasteiger partial charge in [0.2, 0.25) is 5.95 Å². The Morgan fingerprint density at radius 1 is 1.26 bits per heavy atom. The molecule has 2 N–H and O–H groups in total. The number of anilines is 1. The lowest BCUT2D eigenvalue weighted by Crippen LogP contribution is -2.39. The zero-order valence-corrected chi connectivity index (χ0v) is 11.0. The summed E-state index contributed by atoms with van der Waals surface area (Å²) < 4.78 is 2.09. The van der Waals surface area contributed by atoms with Gasteiger partial charge in [0, 0.05) is 30.7 Å². The Hall–Kier alpha value is -1.81. The molecule has 0 bridgehead atoms. The first kappa shape index (κ1) is 12.2. The topological polar surface area (TPSA) is 41.9 Å². The number of nitrogens with one attached hydrogen (secondary N) is 2. The fourth-order valence-corrected chi connectivity index (χ4v) is 2.54. The normalized spacial score (nSPS) is 19.3. The lowest BCUT2D eigenvalue weighted by Gasteiger charge is -2.24. The van der Waals surface area contributed by atoms with E-state index in [0.717, 1.165) is 24.7 Å². The van der Waals surface area contributed by atoms with Gasteiger partial charge in [0.05, 0.1) is 0 Å². The Bertz CT molecular complexity index is 500. The van der Waals surface area contributed by atoms with Crippen LogP contribution in [0.5, 0.6) is 0 Å². The molecule has 0 radical (unpaired) electrons. The SMILES string of the molecule is c1ccc(-n2ccnc2NCC2CCCCN2)cc1. The third-order valence-electron chi connectivity index (χ3n) is 3.59. The molecule has 0 spiro atoms. The predicted molar refractivity (Wildman–Crippen MR) is 77.7 cm³/mol. The maximum Gasteiger partial charge on any atom is 0.207 e. The molecule has 0 amide bonds. The van der Waals surface area contributed by atoms with Crippen LogP contribution in [-0.2, 0) is 0 Å². The number of hydrogen-bond donors (Lipinski definition) is 2. The average molecular weight is 256 g/mol. The Morgan fingerprint density at radius 3 is 2.95 bits per heavy atom. The summed E-state index contributed by atoms with van der Waals surface area (Å²) in [6.45, 7) is 2.07. The number of rotatable bonds is 4. The molecular weight excluding hydrogens is 236 g/mol. The van der Waals surface area contributed by atoms with Crippen molar-refractivity contribution in [2.24, 2.45) is 0 Å². The van der Waals surface area contributed by atoms with E-state index in [4.69, 9.17) is 0 Å². The quantitative estimate of drug-likeness (QED) is 0.883. The highest BCUT2D eigenvalue weighted by Gasteiger charge is 2.13. The average Bonchev–Trinajstić information content (AvgIpc) is 2.95. The zero-order valence-electron chi connectivity index (χ0n) is 11.0. The third-order valence-corrected chi connectivity index (χ3v) is 3.59. The Morgan fingerprint density at radius 2 is 2.16 bits per heavy atom. The van der Waals surface area contributed by atoms with E-state index in [-0.39, 0.29) is 0 Å². The number of nitrogens with zero attached hydrogens (tertiary/aromatic N) is 2. The van der Waals surface area contributed by atoms with Crippen molar-refractivity contribution in [1.29, 1.82) is 0 Å². The van der Waals surface area contributed by atoms with Crippen LogP contribution in [0.2, 0.25) is 0 Å². The van der Waals surface area contributed by atoms with Gasteiger partial charge < -0.3 is 10.6 Å². The van der Waals surface area contributed by atoms with Gasteiger partial charge in [-0.15, -0.1) is 0 Å². The van der Waals surface area contributed by atoms with Crippen molar-refractivity contribution >= 4 is 5.95 Å². The fourth-order valence-electron chi connectivity index (χ4n) is 2.54. The van der Waals surface area contributed by atoms with E-state index < -0.39 is 0 Å². The highest BCUT2D eigenvalue weighted by Crippen LogP contribution is 2.14. The summed E-state index contributed by atoms with van der Waals surface area (Å²) in [5.74, 6) is 0.915. The van der Waals surface area contributed by atoms with Gasteiger partial charge in [-0.3, -0.25) is 4.57 Å². The van der Waals surface area contributed by atoms with Crippen molar-refractivity contribution in [3.8, 4) is 5.69 Å². The summed E-state index contributed by atoms with van der Waals surface area (Å²) in [6, 6.07) is 10.9. The van der Waals surface area contributed by atoms with Crippen molar-refractivity contribution in [1.82, 2.24) is 14.9 Å². The molecule has 2 aromatic rings. The van der Waals surface area contributed by atoms with E-state index in [1.807, 2.05) is 30.6 Å². The van der Waals surface area contributed by atoms with E-state index in [9.17, 15) is 0 Å². The second-order valence-electron chi connectivity index (χ2n) is 4.98. The molecule has 0 saturated carbocycles. The second-order valence-corrected chi connectivity index (χ2v) is 4.98. The summed E-state index contributed by atoms with van der Waals surface area (Å²) in [7, 11) is 0. The van der Waals surface area contributed by atoms with Crippen molar-refractivity contribution < 1.29 is 0 Å². The van der Waals surface area contributed by atoms with Crippen molar-refractivity contribution in [3.05, 3.63) is 42.7 Å². The van der Waals surface area contributed by atoms with E-state index >= 15 is 0 Å². The number of imidazole rings is 1. The minimum Gasteiger partial charge on any atom is -0.354 e. The van der Waals surface area contributed by atoms with Crippen LogP contribution in [0.3, 0.4) is 0 Å². The van der Waals surface area contributed by atoms with Crippen LogP contribution in [0.4, 0.5) is 5.95 Å². The van der Waals surface area contributed by atoms with Crippen LogP contribution >= 0.6 is 0 Å². The first-order valence-electron chi connectivity index (χ1n) is 6.99. The lowest BCUT2D eigenvalue weighted by atomic mass is 10.1. The first-order chi connectivity index (χ1) is 9.43. The summed E-state index contributed by atoms with van der Waals surface area (Å²) in [6.07, 6.45) is 7.70. The van der Waals surface area contributed by atoms with Crippen molar-refractivity contribution in [2.45, 2.75) is 25.3 Å². The second kappa shape index (κ2) is 5.89. The maximum absolute atomic E-state index is 4.40. The van der Waals surface area contributed by atoms with E-state index in [1.54, 1.807) is 0 Å². The van der Waals surface area contributed by atoms with Crippen molar-refractivity contribution in [2.75, 3.05) is 18.4 Å². The maximum atomic E-state index is 4.40. The number of piperidine rings is 1. The Balaban J connectivity index is 1.67. The van der Waals surface area contributed by atoms with E-state index in [0.29, 0.717) is 6.04 Å². The van der Waals surface area contributed by atoms with E-state index in [2.05, 4.69) is 32.3 Å². The van der Waals surface area contributed by atoms with Crippen LogP contribution in [-0.4, -0.2) is 28.7 Å². The fraction of sp³-hybridized carbons (Fsp3) is 0.400. The predicted octanol–water partition coefficient (Wildman–Crippen LogP) is 2.43. The molecule has 1 aliphatic rings. The van der Waals surface area contributed by atoms with Gasteiger partial charge in [-0.05, 0) is 31.5 Å². The van der Waals surface area contributed by atoms with Gasteiger partial charge in [0.1, 0.15) is 0 Å². The molecule has 1 aromatic carbocycles. The molecule has 1 aliphatic heterocycles. The van der Waals surface area contributed by atoms with Gasteiger partial charge in [-0.1, -0.05) is 24.6 Å². The molecule has 4 heteroatoms. The van der Waals surface area contributed by atoms with Gasteiger partial charge in [-0.2, -0.15) is 0 Å². The number of aromatic nitrogens is 2. The molecule has 2 heterocycles. The number of hydrogen-bond acceptors (Lipinski definition) is 3.